The van der Waals surface area contributed by atoms with Gasteiger partial charge in [0.15, 0.2) is 0 Å². The molecule has 0 aliphatic carbocycles. The Morgan fingerprint density at radius 3 is 2.68 bits per heavy atom. The van der Waals surface area contributed by atoms with Crippen LogP contribution in [0.15, 0.2) is 30.3 Å². The van der Waals surface area contributed by atoms with Gasteiger partial charge in [-0.05, 0) is 37.4 Å². The second kappa shape index (κ2) is 6.38. The second-order valence-electron chi connectivity index (χ2n) is 4.48. The Kier molecular flexibility index (Phi) is 4.58. The molecular formula is C15H21N3O. The van der Waals surface area contributed by atoms with E-state index in [1.807, 2.05) is 30.3 Å². The number of fused-ring (bicyclic) bond motifs is 1. The van der Waals surface area contributed by atoms with Crippen LogP contribution >= 0.6 is 0 Å². The van der Waals surface area contributed by atoms with Crippen LogP contribution in [-0.4, -0.2) is 36.1 Å². The number of anilines is 1. The lowest BCUT2D eigenvalue weighted by molar-refractivity contribution is 0.218. The number of ether oxygens (including phenoxy) is 1. The van der Waals surface area contributed by atoms with E-state index in [9.17, 15) is 0 Å². The van der Waals surface area contributed by atoms with Gasteiger partial charge in [0.1, 0.15) is 6.61 Å². The van der Waals surface area contributed by atoms with Crippen molar-refractivity contribution >= 4 is 16.6 Å². The smallest absolute Gasteiger partial charge is 0.213 e. The maximum Gasteiger partial charge on any atom is 0.213 e. The van der Waals surface area contributed by atoms with Crippen LogP contribution in [0.5, 0.6) is 5.88 Å². The normalized spacial score (nSPS) is 11.1. The third-order valence-electron chi connectivity index (χ3n) is 3.24. The molecule has 2 rings (SSSR count). The molecule has 0 aliphatic heterocycles. The number of nitrogen functional groups attached to an aromatic ring is 1. The molecule has 0 saturated carbocycles. The predicted octanol–water partition coefficient (Wildman–Crippen LogP) is 2.54. The van der Waals surface area contributed by atoms with Gasteiger partial charge in [-0.1, -0.05) is 13.8 Å². The van der Waals surface area contributed by atoms with Crippen molar-refractivity contribution in [3.05, 3.63) is 30.3 Å². The van der Waals surface area contributed by atoms with Crippen molar-refractivity contribution in [1.82, 2.24) is 9.88 Å². The summed E-state index contributed by atoms with van der Waals surface area (Å²) in [6.45, 7) is 7.99. The Morgan fingerprint density at radius 1 is 1.16 bits per heavy atom. The van der Waals surface area contributed by atoms with Crippen molar-refractivity contribution in [1.29, 1.82) is 0 Å². The lowest BCUT2D eigenvalue weighted by Crippen LogP contribution is -2.28. The summed E-state index contributed by atoms with van der Waals surface area (Å²) in [5.41, 5.74) is 7.41. The lowest BCUT2D eigenvalue weighted by Gasteiger charge is -2.17. The number of benzene rings is 1. The van der Waals surface area contributed by atoms with Crippen LogP contribution < -0.4 is 10.5 Å². The molecule has 0 bridgehead atoms. The summed E-state index contributed by atoms with van der Waals surface area (Å²) in [6.07, 6.45) is 0. The molecule has 2 aromatic rings. The van der Waals surface area contributed by atoms with Gasteiger partial charge in [-0.25, -0.2) is 4.98 Å². The third kappa shape index (κ3) is 3.58. The summed E-state index contributed by atoms with van der Waals surface area (Å²) in [5, 5.41) is 1.04. The van der Waals surface area contributed by atoms with E-state index in [4.69, 9.17) is 10.5 Å². The highest BCUT2D eigenvalue weighted by atomic mass is 16.5. The summed E-state index contributed by atoms with van der Waals surface area (Å²) in [4.78, 5) is 6.79. The van der Waals surface area contributed by atoms with Crippen molar-refractivity contribution in [3.63, 3.8) is 0 Å². The molecular weight excluding hydrogens is 238 g/mol. The molecule has 0 aliphatic rings. The van der Waals surface area contributed by atoms with E-state index in [0.717, 1.165) is 36.2 Å². The first-order chi connectivity index (χ1) is 9.22. The molecule has 0 radical (unpaired) electrons. The first kappa shape index (κ1) is 13.6. The monoisotopic (exact) mass is 259 g/mol. The highest BCUT2D eigenvalue weighted by Crippen LogP contribution is 2.18. The maximum atomic E-state index is 5.74. The summed E-state index contributed by atoms with van der Waals surface area (Å²) in [7, 11) is 0. The first-order valence-electron chi connectivity index (χ1n) is 6.74. The van der Waals surface area contributed by atoms with E-state index in [1.54, 1.807) is 0 Å². The van der Waals surface area contributed by atoms with Crippen molar-refractivity contribution in [3.8, 4) is 5.88 Å². The first-order valence-corrected chi connectivity index (χ1v) is 6.74. The molecule has 0 amide bonds. The molecule has 4 nitrogen and oxygen atoms in total. The van der Waals surface area contributed by atoms with Gasteiger partial charge in [0.25, 0.3) is 0 Å². The minimum Gasteiger partial charge on any atom is -0.476 e. The number of nitrogens with two attached hydrogens (primary N) is 1. The summed E-state index contributed by atoms with van der Waals surface area (Å²) >= 11 is 0. The molecule has 0 atom stereocenters. The zero-order valence-corrected chi connectivity index (χ0v) is 11.6. The Hall–Kier alpha value is -1.81. The van der Waals surface area contributed by atoms with E-state index in [-0.39, 0.29) is 0 Å². The zero-order chi connectivity index (χ0) is 13.7. The van der Waals surface area contributed by atoms with Crippen LogP contribution in [-0.2, 0) is 0 Å². The highest BCUT2D eigenvalue weighted by molar-refractivity contribution is 5.82. The van der Waals surface area contributed by atoms with Gasteiger partial charge in [0.2, 0.25) is 5.88 Å². The Morgan fingerprint density at radius 2 is 1.95 bits per heavy atom. The van der Waals surface area contributed by atoms with E-state index in [2.05, 4.69) is 23.7 Å². The average molecular weight is 259 g/mol. The minimum atomic E-state index is 0.662. The molecule has 19 heavy (non-hydrogen) atoms. The van der Waals surface area contributed by atoms with Crippen LogP contribution in [0.1, 0.15) is 13.8 Å². The molecule has 4 heteroatoms. The number of aromatic nitrogens is 1. The van der Waals surface area contributed by atoms with Crippen LogP contribution in [0, 0.1) is 0 Å². The SMILES string of the molecule is CCN(CC)CCOc1ccc2cc(N)ccc2n1. The topological polar surface area (TPSA) is 51.4 Å². The van der Waals surface area contributed by atoms with Crippen molar-refractivity contribution in [2.75, 3.05) is 32.0 Å². The number of hydrogen-bond donors (Lipinski definition) is 1. The molecule has 0 spiro atoms. The fourth-order valence-corrected chi connectivity index (χ4v) is 2.02. The van der Waals surface area contributed by atoms with Gasteiger partial charge in [-0.2, -0.15) is 0 Å². The van der Waals surface area contributed by atoms with Crippen LogP contribution in [0.25, 0.3) is 10.9 Å². The fraction of sp³-hybridized carbons (Fsp3) is 0.400. The number of hydrogen-bond acceptors (Lipinski definition) is 4. The summed E-state index contributed by atoms with van der Waals surface area (Å²) in [5.74, 6) is 0.671. The summed E-state index contributed by atoms with van der Waals surface area (Å²) in [6, 6.07) is 9.58. The molecule has 2 N–H and O–H groups in total. The molecule has 0 unspecified atom stereocenters. The van der Waals surface area contributed by atoms with Gasteiger partial charge in [-0.15, -0.1) is 0 Å². The number of nitrogens with zero attached hydrogens (tertiary/aromatic N) is 2. The highest BCUT2D eigenvalue weighted by Gasteiger charge is 2.02. The van der Waals surface area contributed by atoms with Crippen molar-refractivity contribution in [2.45, 2.75) is 13.8 Å². The number of rotatable bonds is 6. The van der Waals surface area contributed by atoms with Gasteiger partial charge in [0.05, 0.1) is 5.52 Å². The predicted molar refractivity (Wildman–Crippen MR) is 79.4 cm³/mol. The second-order valence-corrected chi connectivity index (χ2v) is 4.48. The van der Waals surface area contributed by atoms with E-state index < -0.39 is 0 Å². The third-order valence-corrected chi connectivity index (χ3v) is 3.24. The molecule has 0 fully saturated rings. The quantitative estimate of drug-likeness (QED) is 0.810. The Balaban J connectivity index is 1.99. The Labute approximate surface area is 114 Å². The molecule has 1 aromatic carbocycles. The Bertz CT molecular complexity index is 538. The standard InChI is InChI=1S/C15H21N3O/c1-3-18(4-2)9-10-19-15-8-5-12-11-13(16)6-7-14(12)17-15/h5-8,11H,3-4,9-10,16H2,1-2H3. The van der Waals surface area contributed by atoms with E-state index in [1.165, 1.54) is 0 Å². The minimum absolute atomic E-state index is 0.662. The van der Waals surface area contributed by atoms with Crippen LogP contribution in [0.2, 0.25) is 0 Å². The van der Waals surface area contributed by atoms with Crippen LogP contribution in [0.3, 0.4) is 0 Å². The van der Waals surface area contributed by atoms with Gasteiger partial charge in [0, 0.05) is 23.7 Å². The van der Waals surface area contributed by atoms with Crippen LogP contribution in [0.4, 0.5) is 5.69 Å². The van der Waals surface area contributed by atoms with E-state index in [0.29, 0.717) is 12.5 Å². The fourth-order valence-electron chi connectivity index (χ4n) is 2.02. The molecule has 102 valence electrons. The number of pyridine rings is 1. The molecule has 1 aromatic heterocycles. The molecule has 0 saturated heterocycles. The number of likely N-dealkylation sites (N-methyl/N-ethyl adjacent to an activating group) is 1. The van der Waals surface area contributed by atoms with E-state index >= 15 is 0 Å². The zero-order valence-electron chi connectivity index (χ0n) is 11.6. The van der Waals surface area contributed by atoms with Gasteiger partial charge >= 0.3 is 0 Å². The molecule has 1 heterocycles. The largest absolute Gasteiger partial charge is 0.476 e. The lowest BCUT2D eigenvalue weighted by atomic mass is 10.2. The maximum absolute atomic E-state index is 5.74. The average Bonchev–Trinajstić information content (AvgIpc) is 2.43. The summed E-state index contributed by atoms with van der Waals surface area (Å²) < 4.78 is 5.69. The van der Waals surface area contributed by atoms with Gasteiger partial charge < -0.3 is 15.4 Å². The van der Waals surface area contributed by atoms with Crippen molar-refractivity contribution in [2.24, 2.45) is 0 Å². The van der Waals surface area contributed by atoms with Crippen molar-refractivity contribution < 1.29 is 4.74 Å². The van der Waals surface area contributed by atoms with Gasteiger partial charge in [-0.3, -0.25) is 0 Å².